The van der Waals surface area contributed by atoms with Crippen LogP contribution < -0.4 is 5.32 Å². The lowest BCUT2D eigenvalue weighted by Gasteiger charge is -2.16. The number of hydrogen-bond acceptors (Lipinski definition) is 5. The predicted molar refractivity (Wildman–Crippen MR) is 77.4 cm³/mol. The summed E-state index contributed by atoms with van der Waals surface area (Å²) in [5, 5.41) is 2.54. The highest BCUT2D eigenvalue weighted by molar-refractivity contribution is 7.98. The first-order chi connectivity index (χ1) is 9.15. The highest BCUT2D eigenvalue weighted by Crippen LogP contribution is 2.04. The average Bonchev–Trinajstić information content (AvgIpc) is 2.39. The first-order valence-electron chi connectivity index (χ1n) is 6.74. The van der Waals surface area contributed by atoms with Gasteiger partial charge in [-0.15, -0.1) is 0 Å². The molecular formula is C13H25NO4S. The van der Waals surface area contributed by atoms with Crippen LogP contribution >= 0.6 is 11.8 Å². The predicted octanol–water partition coefficient (Wildman–Crippen LogP) is 2.59. The number of carbonyl (C=O) groups excluding carboxylic acids is 2. The monoisotopic (exact) mass is 291 g/mol. The molecule has 1 atom stereocenters. The molecular weight excluding hydrogens is 266 g/mol. The summed E-state index contributed by atoms with van der Waals surface area (Å²) in [5.74, 6) is 0.402. The second kappa shape index (κ2) is 12.1. The number of rotatable bonds is 10. The first kappa shape index (κ1) is 18.1. The van der Waals surface area contributed by atoms with Crippen LogP contribution in [0.25, 0.3) is 0 Å². The van der Waals surface area contributed by atoms with Crippen molar-refractivity contribution in [1.29, 1.82) is 0 Å². The second-order valence-electron chi connectivity index (χ2n) is 4.07. The lowest BCUT2D eigenvalue weighted by atomic mass is 10.2. The number of nitrogens with one attached hydrogen (secondary N) is 1. The van der Waals surface area contributed by atoms with Gasteiger partial charge >= 0.3 is 12.1 Å². The molecule has 0 aromatic carbocycles. The summed E-state index contributed by atoms with van der Waals surface area (Å²) < 4.78 is 9.94. The van der Waals surface area contributed by atoms with Crippen LogP contribution in [0, 0.1) is 0 Å². The second-order valence-corrected chi connectivity index (χ2v) is 5.06. The van der Waals surface area contributed by atoms with E-state index in [0.717, 1.165) is 25.0 Å². The smallest absolute Gasteiger partial charge is 0.407 e. The molecule has 0 aliphatic carbocycles. The SMILES string of the molecule is CCCCCOC(=O)[C@H](CCSC)NC(=O)OCC. The zero-order chi connectivity index (χ0) is 14.5. The van der Waals surface area contributed by atoms with Crippen molar-refractivity contribution < 1.29 is 19.1 Å². The highest BCUT2D eigenvalue weighted by Gasteiger charge is 2.22. The summed E-state index contributed by atoms with van der Waals surface area (Å²) in [7, 11) is 0. The summed E-state index contributed by atoms with van der Waals surface area (Å²) >= 11 is 1.62. The van der Waals surface area contributed by atoms with Crippen LogP contribution in [0.4, 0.5) is 4.79 Å². The van der Waals surface area contributed by atoms with Crippen molar-refractivity contribution in [3.8, 4) is 0 Å². The van der Waals surface area contributed by atoms with Crippen LogP contribution in [0.5, 0.6) is 0 Å². The van der Waals surface area contributed by atoms with E-state index in [1.54, 1.807) is 18.7 Å². The summed E-state index contributed by atoms with van der Waals surface area (Å²) in [6, 6.07) is -0.617. The molecule has 0 aromatic rings. The van der Waals surface area contributed by atoms with Gasteiger partial charge in [0.2, 0.25) is 0 Å². The van der Waals surface area contributed by atoms with Gasteiger partial charge in [-0.1, -0.05) is 19.8 Å². The number of unbranched alkanes of at least 4 members (excludes halogenated alkanes) is 2. The van der Waals surface area contributed by atoms with Gasteiger partial charge in [0.25, 0.3) is 0 Å². The van der Waals surface area contributed by atoms with E-state index >= 15 is 0 Å². The molecule has 5 nitrogen and oxygen atoms in total. The van der Waals surface area contributed by atoms with E-state index in [9.17, 15) is 9.59 Å². The minimum Gasteiger partial charge on any atom is -0.464 e. The Hall–Kier alpha value is -0.910. The van der Waals surface area contributed by atoms with Gasteiger partial charge in [0.1, 0.15) is 6.04 Å². The summed E-state index contributed by atoms with van der Waals surface area (Å²) in [4.78, 5) is 23.2. The third-order valence-corrected chi connectivity index (χ3v) is 3.10. The maximum atomic E-state index is 11.9. The topological polar surface area (TPSA) is 64.6 Å². The molecule has 6 heteroatoms. The van der Waals surface area contributed by atoms with Crippen molar-refractivity contribution in [2.75, 3.05) is 25.2 Å². The van der Waals surface area contributed by atoms with Crippen LogP contribution in [-0.4, -0.2) is 43.3 Å². The largest absolute Gasteiger partial charge is 0.464 e. The van der Waals surface area contributed by atoms with Gasteiger partial charge in [-0.2, -0.15) is 11.8 Å². The van der Waals surface area contributed by atoms with E-state index in [2.05, 4.69) is 12.2 Å². The molecule has 112 valence electrons. The Labute approximate surface area is 119 Å². The van der Waals surface area contributed by atoms with E-state index in [1.807, 2.05) is 6.26 Å². The van der Waals surface area contributed by atoms with Crippen molar-refractivity contribution >= 4 is 23.8 Å². The Morgan fingerprint density at radius 1 is 1.21 bits per heavy atom. The fourth-order valence-electron chi connectivity index (χ4n) is 1.43. The number of thioether (sulfide) groups is 1. The van der Waals surface area contributed by atoms with Gasteiger partial charge in [-0.3, -0.25) is 0 Å². The maximum absolute atomic E-state index is 11.9. The van der Waals surface area contributed by atoms with Gasteiger partial charge < -0.3 is 14.8 Å². The van der Waals surface area contributed by atoms with Crippen LogP contribution in [-0.2, 0) is 14.3 Å². The molecule has 0 bridgehead atoms. The Bertz CT molecular complexity index is 261. The van der Waals surface area contributed by atoms with Gasteiger partial charge in [-0.05, 0) is 31.8 Å². The van der Waals surface area contributed by atoms with Crippen molar-refractivity contribution in [3.05, 3.63) is 0 Å². The summed E-state index contributed by atoms with van der Waals surface area (Å²) in [6.45, 7) is 4.50. The Morgan fingerprint density at radius 2 is 1.95 bits per heavy atom. The number of amides is 1. The standard InChI is InChI=1S/C13H25NO4S/c1-4-6-7-9-18-12(15)11(8-10-19-3)14-13(16)17-5-2/h11H,4-10H2,1-3H3,(H,14,16)/t11-/m0/s1. The molecule has 0 heterocycles. The average molecular weight is 291 g/mol. The van der Waals surface area contributed by atoms with Crippen molar-refractivity contribution in [2.45, 2.75) is 45.6 Å². The zero-order valence-corrected chi connectivity index (χ0v) is 12.9. The van der Waals surface area contributed by atoms with Gasteiger partial charge in [0.05, 0.1) is 13.2 Å². The Morgan fingerprint density at radius 3 is 2.53 bits per heavy atom. The van der Waals surface area contributed by atoms with Crippen molar-refractivity contribution in [3.63, 3.8) is 0 Å². The molecule has 0 aromatic heterocycles. The minimum atomic E-state index is -0.617. The number of alkyl carbamates (subject to hydrolysis) is 1. The van der Waals surface area contributed by atoms with Crippen molar-refractivity contribution in [1.82, 2.24) is 5.32 Å². The number of carbonyl (C=O) groups is 2. The third kappa shape index (κ3) is 9.64. The van der Waals surface area contributed by atoms with Gasteiger partial charge in [0, 0.05) is 0 Å². The van der Waals surface area contributed by atoms with E-state index in [0.29, 0.717) is 13.0 Å². The van der Waals surface area contributed by atoms with E-state index in [4.69, 9.17) is 9.47 Å². The minimum absolute atomic E-state index is 0.284. The summed E-state index contributed by atoms with van der Waals surface area (Å²) in [6.07, 6.45) is 4.90. The number of hydrogen-bond donors (Lipinski definition) is 1. The fourth-order valence-corrected chi connectivity index (χ4v) is 1.90. The molecule has 0 unspecified atom stereocenters. The number of esters is 1. The van der Waals surface area contributed by atoms with Crippen molar-refractivity contribution in [2.24, 2.45) is 0 Å². The van der Waals surface area contributed by atoms with E-state index in [-0.39, 0.29) is 12.6 Å². The third-order valence-electron chi connectivity index (χ3n) is 2.45. The zero-order valence-electron chi connectivity index (χ0n) is 12.1. The molecule has 0 fully saturated rings. The number of ether oxygens (including phenoxy) is 2. The maximum Gasteiger partial charge on any atom is 0.407 e. The van der Waals surface area contributed by atoms with Gasteiger partial charge in [0.15, 0.2) is 0 Å². The molecule has 0 radical (unpaired) electrons. The molecule has 1 N–H and O–H groups in total. The fraction of sp³-hybridized carbons (Fsp3) is 0.846. The lowest BCUT2D eigenvalue weighted by Crippen LogP contribution is -2.42. The Balaban J connectivity index is 4.14. The molecule has 0 aliphatic heterocycles. The van der Waals surface area contributed by atoms with Gasteiger partial charge in [-0.25, -0.2) is 9.59 Å². The Kier molecular flexibility index (Phi) is 11.6. The van der Waals surface area contributed by atoms with Crippen LogP contribution in [0.3, 0.4) is 0 Å². The molecule has 1 amide bonds. The van der Waals surface area contributed by atoms with Crippen LogP contribution in [0.15, 0.2) is 0 Å². The molecule has 0 saturated carbocycles. The molecule has 0 aliphatic rings. The van der Waals surface area contributed by atoms with E-state index < -0.39 is 12.1 Å². The first-order valence-corrected chi connectivity index (χ1v) is 8.13. The van der Waals surface area contributed by atoms with E-state index in [1.165, 1.54) is 0 Å². The lowest BCUT2D eigenvalue weighted by molar-refractivity contribution is -0.146. The quantitative estimate of drug-likeness (QED) is 0.495. The van der Waals surface area contributed by atoms with Crippen LogP contribution in [0.1, 0.15) is 39.5 Å². The molecule has 0 rings (SSSR count). The highest BCUT2D eigenvalue weighted by atomic mass is 32.2. The van der Waals surface area contributed by atoms with Crippen LogP contribution in [0.2, 0.25) is 0 Å². The molecule has 0 spiro atoms. The molecule has 19 heavy (non-hydrogen) atoms. The summed E-state index contributed by atoms with van der Waals surface area (Å²) in [5.41, 5.74) is 0. The molecule has 0 saturated heterocycles. The normalized spacial score (nSPS) is 11.7.